The number of rotatable bonds is 3. The first-order valence-corrected chi connectivity index (χ1v) is 5.34. The summed E-state index contributed by atoms with van der Waals surface area (Å²) >= 11 is 5.94. The van der Waals surface area contributed by atoms with Crippen LogP contribution in [0.4, 0.5) is 0 Å². The quantitative estimate of drug-likeness (QED) is 0.728. The molecule has 0 fully saturated rings. The lowest BCUT2D eigenvalue weighted by molar-refractivity contribution is 0.239. The highest BCUT2D eigenvalue weighted by Gasteiger charge is 2.09. The first-order valence-electron chi connectivity index (χ1n) is 4.96. The van der Waals surface area contributed by atoms with Gasteiger partial charge in [-0.3, -0.25) is 0 Å². The molecule has 0 amide bonds. The first kappa shape index (κ1) is 11.4. The average Bonchev–Trinajstić information content (AvgIpc) is 2.07. The third kappa shape index (κ3) is 2.91. The van der Waals surface area contributed by atoms with Crippen molar-refractivity contribution >= 4 is 11.6 Å². The second kappa shape index (κ2) is 4.70. The van der Waals surface area contributed by atoms with Crippen molar-refractivity contribution in [3.63, 3.8) is 0 Å². The van der Waals surface area contributed by atoms with Crippen LogP contribution in [0, 0.1) is 0 Å². The Balaban J connectivity index is 3.02. The van der Waals surface area contributed by atoms with Crippen molar-refractivity contribution in [2.45, 2.75) is 39.7 Å². The molecule has 0 spiro atoms. The zero-order valence-corrected chi connectivity index (χ0v) is 9.93. The number of halogens is 1. The van der Waals surface area contributed by atoms with E-state index >= 15 is 0 Å². The highest BCUT2D eigenvalue weighted by Crippen LogP contribution is 2.29. The Kier molecular flexibility index (Phi) is 3.82. The number of benzene rings is 1. The Morgan fingerprint density at radius 3 is 2.29 bits per heavy atom. The molecule has 14 heavy (non-hydrogen) atoms. The lowest BCUT2D eigenvalue weighted by Crippen LogP contribution is -2.07. The summed E-state index contributed by atoms with van der Waals surface area (Å²) in [5.74, 6) is 1.38. The van der Waals surface area contributed by atoms with E-state index in [2.05, 4.69) is 13.8 Å². The molecule has 1 nitrogen and oxygen atoms in total. The maximum absolute atomic E-state index is 5.94. The molecule has 78 valence electrons. The lowest BCUT2D eigenvalue weighted by atomic mass is 10.0. The van der Waals surface area contributed by atoms with E-state index in [1.165, 1.54) is 5.56 Å². The first-order chi connectivity index (χ1) is 6.50. The van der Waals surface area contributed by atoms with Crippen molar-refractivity contribution in [3.05, 3.63) is 28.8 Å². The molecule has 0 unspecified atom stereocenters. The molecule has 0 aliphatic rings. The van der Waals surface area contributed by atoms with E-state index in [0.29, 0.717) is 5.92 Å². The van der Waals surface area contributed by atoms with Crippen LogP contribution < -0.4 is 4.74 Å². The van der Waals surface area contributed by atoms with Crippen LogP contribution in [-0.4, -0.2) is 6.10 Å². The van der Waals surface area contributed by atoms with Gasteiger partial charge in [-0.25, -0.2) is 0 Å². The molecule has 1 rings (SSSR count). The van der Waals surface area contributed by atoms with Crippen molar-refractivity contribution in [1.29, 1.82) is 0 Å². The van der Waals surface area contributed by atoms with Gasteiger partial charge in [0.1, 0.15) is 5.75 Å². The summed E-state index contributed by atoms with van der Waals surface area (Å²) in [6.45, 7) is 8.33. The van der Waals surface area contributed by atoms with Crippen LogP contribution >= 0.6 is 11.6 Å². The average molecular weight is 213 g/mol. The number of hydrogen-bond acceptors (Lipinski definition) is 1. The molecule has 0 aromatic heterocycles. The fraction of sp³-hybridized carbons (Fsp3) is 0.500. The van der Waals surface area contributed by atoms with Gasteiger partial charge in [-0.15, -0.1) is 0 Å². The van der Waals surface area contributed by atoms with Gasteiger partial charge in [-0.05, 0) is 43.5 Å². The fourth-order valence-electron chi connectivity index (χ4n) is 1.33. The maximum Gasteiger partial charge on any atom is 0.123 e. The molecule has 0 saturated heterocycles. The van der Waals surface area contributed by atoms with E-state index in [1.807, 2.05) is 32.0 Å². The van der Waals surface area contributed by atoms with E-state index in [-0.39, 0.29) is 6.10 Å². The highest BCUT2D eigenvalue weighted by molar-refractivity contribution is 6.30. The van der Waals surface area contributed by atoms with Crippen LogP contribution in [0.5, 0.6) is 5.75 Å². The van der Waals surface area contributed by atoms with Crippen molar-refractivity contribution < 1.29 is 4.74 Å². The predicted octanol–water partition coefficient (Wildman–Crippen LogP) is 4.25. The zero-order valence-electron chi connectivity index (χ0n) is 9.17. The van der Waals surface area contributed by atoms with Gasteiger partial charge in [0.25, 0.3) is 0 Å². The van der Waals surface area contributed by atoms with Crippen LogP contribution in [0.3, 0.4) is 0 Å². The molecule has 0 atom stereocenters. The zero-order chi connectivity index (χ0) is 10.7. The molecular formula is C12H17ClO. The van der Waals surface area contributed by atoms with Gasteiger partial charge in [0.2, 0.25) is 0 Å². The van der Waals surface area contributed by atoms with Crippen molar-refractivity contribution in [2.24, 2.45) is 0 Å². The summed E-state index contributed by atoms with van der Waals surface area (Å²) in [4.78, 5) is 0. The van der Waals surface area contributed by atoms with Crippen LogP contribution in [0.1, 0.15) is 39.2 Å². The van der Waals surface area contributed by atoms with E-state index in [9.17, 15) is 0 Å². The van der Waals surface area contributed by atoms with Gasteiger partial charge >= 0.3 is 0 Å². The van der Waals surface area contributed by atoms with Gasteiger partial charge in [-0.2, -0.15) is 0 Å². The minimum Gasteiger partial charge on any atom is -0.491 e. The Hall–Kier alpha value is -0.690. The Morgan fingerprint density at radius 1 is 1.14 bits per heavy atom. The van der Waals surface area contributed by atoms with Crippen molar-refractivity contribution in [2.75, 3.05) is 0 Å². The van der Waals surface area contributed by atoms with E-state index in [0.717, 1.165) is 10.8 Å². The van der Waals surface area contributed by atoms with Crippen molar-refractivity contribution in [3.8, 4) is 5.75 Å². The molecule has 1 aromatic carbocycles. The summed E-state index contributed by atoms with van der Waals surface area (Å²) in [6, 6.07) is 5.78. The summed E-state index contributed by atoms with van der Waals surface area (Å²) in [5.41, 5.74) is 1.17. The standard InChI is InChI=1S/C12H17ClO/c1-8(2)11-7-10(13)5-6-12(11)14-9(3)4/h5-9H,1-4H3. The van der Waals surface area contributed by atoms with Gasteiger partial charge < -0.3 is 4.74 Å². The van der Waals surface area contributed by atoms with Gasteiger partial charge in [0.15, 0.2) is 0 Å². The van der Waals surface area contributed by atoms with E-state index in [1.54, 1.807) is 0 Å². The number of ether oxygens (including phenoxy) is 1. The molecule has 0 aliphatic heterocycles. The summed E-state index contributed by atoms with van der Waals surface area (Å²) in [5, 5.41) is 0.768. The summed E-state index contributed by atoms with van der Waals surface area (Å²) in [7, 11) is 0. The largest absolute Gasteiger partial charge is 0.491 e. The molecule has 0 N–H and O–H groups in total. The van der Waals surface area contributed by atoms with Crippen LogP contribution in [0.25, 0.3) is 0 Å². The second-order valence-electron chi connectivity index (χ2n) is 4.00. The minimum atomic E-state index is 0.202. The van der Waals surface area contributed by atoms with Crippen LogP contribution in [-0.2, 0) is 0 Å². The minimum absolute atomic E-state index is 0.202. The Bertz CT molecular complexity index is 305. The molecule has 2 heteroatoms. The van der Waals surface area contributed by atoms with E-state index < -0.39 is 0 Å². The fourth-order valence-corrected chi connectivity index (χ4v) is 1.51. The van der Waals surface area contributed by atoms with Crippen molar-refractivity contribution in [1.82, 2.24) is 0 Å². The van der Waals surface area contributed by atoms with E-state index in [4.69, 9.17) is 16.3 Å². The third-order valence-corrected chi connectivity index (χ3v) is 2.19. The molecular weight excluding hydrogens is 196 g/mol. The lowest BCUT2D eigenvalue weighted by Gasteiger charge is -2.16. The highest BCUT2D eigenvalue weighted by atomic mass is 35.5. The van der Waals surface area contributed by atoms with Gasteiger partial charge in [-0.1, -0.05) is 25.4 Å². The predicted molar refractivity (Wildman–Crippen MR) is 61.3 cm³/mol. The normalized spacial score (nSPS) is 11.1. The Morgan fingerprint density at radius 2 is 1.79 bits per heavy atom. The maximum atomic E-state index is 5.94. The van der Waals surface area contributed by atoms with Gasteiger partial charge in [0, 0.05) is 5.02 Å². The van der Waals surface area contributed by atoms with Gasteiger partial charge in [0.05, 0.1) is 6.10 Å². The Labute approximate surface area is 91.0 Å². The molecule has 0 saturated carbocycles. The monoisotopic (exact) mass is 212 g/mol. The number of hydrogen-bond donors (Lipinski definition) is 0. The molecule has 0 radical (unpaired) electrons. The smallest absolute Gasteiger partial charge is 0.123 e. The third-order valence-electron chi connectivity index (χ3n) is 1.96. The van der Waals surface area contributed by atoms with Crippen LogP contribution in [0.15, 0.2) is 18.2 Å². The summed E-state index contributed by atoms with van der Waals surface area (Å²) < 4.78 is 5.70. The summed E-state index contributed by atoms with van der Waals surface area (Å²) in [6.07, 6.45) is 0.202. The van der Waals surface area contributed by atoms with Crippen LogP contribution in [0.2, 0.25) is 5.02 Å². The topological polar surface area (TPSA) is 9.23 Å². The molecule has 0 heterocycles. The molecule has 0 aliphatic carbocycles. The molecule has 0 bridgehead atoms. The second-order valence-corrected chi connectivity index (χ2v) is 4.44. The molecule has 1 aromatic rings. The SMILES string of the molecule is CC(C)Oc1ccc(Cl)cc1C(C)C.